The highest BCUT2D eigenvalue weighted by Crippen LogP contribution is 2.28. The van der Waals surface area contributed by atoms with Crippen LogP contribution in [0.4, 0.5) is 0 Å². The van der Waals surface area contributed by atoms with E-state index in [0.717, 1.165) is 12.8 Å². The van der Waals surface area contributed by atoms with Gasteiger partial charge in [-0.2, -0.15) is 0 Å². The number of carbonyl (C=O) groups is 1. The van der Waals surface area contributed by atoms with Gasteiger partial charge in [0.1, 0.15) is 5.69 Å². The summed E-state index contributed by atoms with van der Waals surface area (Å²) >= 11 is 0. The topological polar surface area (TPSA) is 53.4 Å². The summed E-state index contributed by atoms with van der Waals surface area (Å²) in [6, 6.07) is 5.29. The van der Waals surface area contributed by atoms with Crippen molar-refractivity contribution in [1.29, 1.82) is 0 Å². The van der Waals surface area contributed by atoms with Gasteiger partial charge in [0.25, 0.3) is 5.91 Å². The van der Waals surface area contributed by atoms with Crippen LogP contribution in [-0.2, 0) is 0 Å². The van der Waals surface area contributed by atoms with Crippen LogP contribution in [0.2, 0.25) is 0 Å². The highest BCUT2D eigenvalue weighted by Gasteiger charge is 2.40. The molecule has 92 valence electrons. The van der Waals surface area contributed by atoms with E-state index < -0.39 is 11.6 Å². The molecule has 0 spiro atoms. The van der Waals surface area contributed by atoms with Crippen LogP contribution in [0.25, 0.3) is 0 Å². The molecule has 1 aromatic heterocycles. The Hall–Kier alpha value is -1.42. The van der Waals surface area contributed by atoms with E-state index in [-0.39, 0.29) is 5.91 Å². The Morgan fingerprint density at radius 3 is 2.94 bits per heavy atom. The summed E-state index contributed by atoms with van der Waals surface area (Å²) in [4.78, 5) is 18.1. The molecule has 0 bridgehead atoms. The molecule has 1 unspecified atom stereocenters. The van der Waals surface area contributed by atoms with Gasteiger partial charge in [0, 0.05) is 12.7 Å². The lowest BCUT2D eigenvalue weighted by molar-refractivity contribution is -0.0310. The number of likely N-dealkylation sites (tertiary alicyclic amines) is 1. The number of hydrogen-bond acceptors (Lipinski definition) is 3. The molecule has 1 aliphatic heterocycles. The molecule has 17 heavy (non-hydrogen) atoms. The van der Waals surface area contributed by atoms with Crippen LogP contribution in [0.15, 0.2) is 24.4 Å². The Morgan fingerprint density at radius 2 is 2.29 bits per heavy atom. The second-order valence-corrected chi connectivity index (χ2v) is 4.98. The van der Waals surface area contributed by atoms with Crippen LogP contribution in [0.1, 0.15) is 37.2 Å². The van der Waals surface area contributed by atoms with Crippen molar-refractivity contribution in [2.45, 2.75) is 38.3 Å². The number of rotatable bonds is 1. The van der Waals surface area contributed by atoms with Crippen LogP contribution in [0.5, 0.6) is 0 Å². The van der Waals surface area contributed by atoms with Crippen molar-refractivity contribution in [2.75, 3.05) is 6.54 Å². The third kappa shape index (κ3) is 2.17. The number of aromatic nitrogens is 1. The third-order valence-corrected chi connectivity index (χ3v) is 3.50. The molecule has 0 radical (unpaired) electrons. The maximum absolute atomic E-state index is 12.3. The van der Waals surface area contributed by atoms with Crippen LogP contribution in [0, 0.1) is 0 Å². The molecule has 0 aliphatic carbocycles. The Kier molecular flexibility index (Phi) is 3.15. The number of aliphatic hydroxyl groups excluding tert-OH is 1. The standard InChI is InChI=1S/C13H18N2O2/c1-13(2)11(16)7-5-9-15(13)12(17)10-6-3-4-8-14-10/h3-4,6,8,11,16H,5,7,9H2,1-2H3. The minimum absolute atomic E-state index is 0.102. The van der Waals surface area contributed by atoms with Crippen LogP contribution in [0.3, 0.4) is 0 Å². The summed E-state index contributed by atoms with van der Waals surface area (Å²) in [6.45, 7) is 4.48. The zero-order chi connectivity index (χ0) is 12.5. The number of amides is 1. The van der Waals surface area contributed by atoms with E-state index in [1.54, 1.807) is 29.3 Å². The van der Waals surface area contributed by atoms with E-state index in [0.29, 0.717) is 12.2 Å². The maximum Gasteiger partial charge on any atom is 0.272 e. The zero-order valence-electron chi connectivity index (χ0n) is 10.3. The average molecular weight is 234 g/mol. The fraction of sp³-hybridized carbons (Fsp3) is 0.538. The number of nitrogens with zero attached hydrogens (tertiary/aromatic N) is 2. The highest BCUT2D eigenvalue weighted by molar-refractivity contribution is 5.92. The number of aliphatic hydroxyl groups is 1. The molecule has 1 aromatic rings. The van der Waals surface area contributed by atoms with Crippen molar-refractivity contribution in [3.8, 4) is 0 Å². The van der Waals surface area contributed by atoms with Crippen LogP contribution < -0.4 is 0 Å². The monoisotopic (exact) mass is 234 g/mol. The van der Waals surface area contributed by atoms with Crippen molar-refractivity contribution in [3.05, 3.63) is 30.1 Å². The number of hydrogen-bond donors (Lipinski definition) is 1. The fourth-order valence-electron chi connectivity index (χ4n) is 2.25. The fourth-order valence-corrected chi connectivity index (χ4v) is 2.25. The zero-order valence-corrected chi connectivity index (χ0v) is 10.3. The Balaban J connectivity index is 2.25. The molecule has 0 aromatic carbocycles. The Bertz CT molecular complexity index is 403. The minimum atomic E-state index is -0.521. The molecule has 1 N–H and O–H groups in total. The summed E-state index contributed by atoms with van der Waals surface area (Å²) in [5, 5.41) is 9.99. The lowest BCUT2D eigenvalue weighted by atomic mass is 9.87. The third-order valence-electron chi connectivity index (χ3n) is 3.50. The van der Waals surface area contributed by atoms with Gasteiger partial charge < -0.3 is 10.0 Å². The first-order valence-electron chi connectivity index (χ1n) is 5.94. The summed E-state index contributed by atoms with van der Waals surface area (Å²) in [6.07, 6.45) is 2.73. The first-order valence-corrected chi connectivity index (χ1v) is 5.94. The molecule has 1 aliphatic rings. The van der Waals surface area contributed by atoms with Gasteiger partial charge in [-0.15, -0.1) is 0 Å². The number of pyridine rings is 1. The van der Waals surface area contributed by atoms with Gasteiger partial charge in [-0.05, 0) is 38.8 Å². The molecule has 1 amide bonds. The summed E-state index contributed by atoms with van der Waals surface area (Å²) < 4.78 is 0. The van der Waals surface area contributed by atoms with Gasteiger partial charge in [0.2, 0.25) is 0 Å². The molecule has 1 saturated heterocycles. The van der Waals surface area contributed by atoms with Crippen molar-refractivity contribution < 1.29 is 9.90 Å². The molecule has 1 fully saturated rings. The molecule has 2 heterocycles. The average Bonchev–Trinajstić information content (AvgIpc) is 2.33. The molecule has 0 saturated carbocycles. The van der Waals surface area contributed by atoms with Gasteiger partial charge in [0.15, 0.2) is 0 Å². The van der Waals surface area contributed by atoms with E-state index >= 15 is 0 Å². The SMILES string of the molecule is CC1(C)C(O)CCCN1C(=O)c1ccccn1. The van der Waals surface area contributed by atoms with Crippen molar-refractivity contribution in [1.82, 2.24) is 9.88 Å². The van der Waals surface area contributed by atoms with E-state index in [9.17, 15) is 9.90 Å². The first-order chi connectivity index (χ1) is 8.03. The molecule has 4 nitrogen and oxygen atoms in total. The predicted octanol–water partition coefficient (Wildman–Crippen LogP) is 1.46. The quantitative estimate of drug-likeness (QED) is 0.800. The van der Waals surface area contributed by atoms with E-state index in [4.69, 9.17) is 0 Å². The number of piperidine rings is 1. The van der Waals surface area contributed by atoms with E-state index in [2.05, 4.69) is 4.98 Å². The van der Waals surface area contributed by atoms with Crippen molar-refractivity contribution in [3.63, 3.8) is 0 Å². The smallest absolute Gasteiger partial charge is 0.272 e. The van der Waals surface area contributed by atoms with E-state index in [1.165, 1.54) is 0 Å². The second-order valence-electron chi connectivity index (χ2n) is 4.98. The highest BCUT2D eigenvalue weighted by atomic mass is 16.3. The lowest BCUT2D eigenvalue weighted by Gasteiger charge is -2.45. The van der Waals surface area contributed by atoms with Crippen LogP contribution in [-0.4, -0.2) is 39.1 Å². The summed E-state index contributed by atoms with van der Waals surface area (Å²) in [7, 11) is 0. The predicted molar refractivity (Wildman–Crippen MR) is 64.6 cm³/mol. The molecular weight excluding hydrogens is 216 g/mol. The molecule has 1 atom stereocenters. The number of carbonyl (C=O) groups excluding carboxylic acids is 1. The van der Waals surface area contributed by atoms with Gasteiger partial charge in [-0.25, -0.2) is 0 Å². The summed E-state index contributed by atoms with van der Waals surface area (Å²) in [5.74, 6) is -0.102. The molecule has 4 heteroatoms. The van der Waals surface area contributed by atoms with Gasteiger partial charge >= 0.3 is 0 Å². The molecular formula is C13H18N2O2. The van der Waals surface area contributed by atoms with Crippen molar-refractivity contribution in [2.24, 2.45) is 0 Å². The van der Waals surface area contributed by atoms with Crippen molar-refractivity contribution >= 4 is 5.91 Å². The lowest BCUT2D eigenvalue weighted by Crippen LogP contribution is -2.58. The largest absolute Gasteiger partial charge is 0.391 e. The maximum atomic E-state index is 12.3. The Morgan fingerprint density at radius 1 is 1.53 bits per heavy atom. The second kappa shape index (κ2) is 4.45. The summed E-state index contributed by atoms with van der Waals surface area (Å²) in [5.41, 5.74) is -0.0815. The normalized spacial score (nSPS) is 23.5. The van der Waals surface area contributed by atoms with Gasteiger partial charge in [-0.1, -0.05) is 6.07 Å². The van der Waals surface area contributed by atoms with E-state index in [1.807, 2.05) is 13.8 Å². The minimum Gasteiger partial charge on any atom is -0.391 e. The molecule has 2 rings (SSSR count). The van der Waals surface area contributed by atoms with Gasteiger partial charge in [0.05, 0.1) is 11.6 Å². The van der Waals surface area contributed by atoms with Crippen LogP contribution >= 0.6 is 0 Å². The Labute approximate surface area is 101 Å². The first kappa shape index (κ1) is 12.0. The van der Waals surface area contributed by atoms with Gasteiger partial charge in [-0.3, -0.25) is 9.78 Å².